The number of rotatable bonds is 4. The molecule has 0 unspecified atom stereocenters. The van der Waals surface area contributed by atoms with Crippen LogP contribution in [-0.4, -0.2) is 51.4 Å². The van der Waals surface area contributed by atoms with Crippen molar-refractivity contribution in [3.63, 3.8) is 0 Å². The minimum absolute atomic E-state index is 0.0521. The average Bonchev–Trinajstić information content (AvgIpc) is 2.85. The van der Waals surface area contributed by atoms with Gasteiger partial charge in [0, 0.05) is 25.8 Å². The van der Waals surface area contributed by atoms with Crippen LogP contribution < -0.4 is 5.32 Å². The van der Waals surface area contributed by atoms with E-state index in [1.807, 2.05) is 10.9 Å². The summed E-state index contributed by atoms with van der Waals surface area (Å²) in [6.45, 7) is 1.47. The van der Waals surface area contributed by atoms with Crippen molar-refractivity contribution in [3.8, 4) is 0 Å². The molecular formula is C12H17BrN4O3. The highest BCUT2D eigenvalue weighted by Crippen LogP contribution is 2.23. The van der Waals surface area contributed by atoms with Crippen LogP contribution in [-0.2, 0) is 4.79 Å². The van der Waals surface area contributed by atoms with Gasteiger partial charge in [-0.2, -0.15) is 5.10 Å². The Labute approximate surface area is 125 Å². The summed E-state index contributed by atoms with van der Waals surface area (Å²) in [5, 5.41) is 15.4. The van der Waals surface area contributed by atoms with Crippen molar-refractivity contribution in [1.29, 1.82) is 0 Å². The monoisotopic (exact) mass is 344 g/mol. The van der Waals surface area contributed by atoms with Gasteiger partial charge in [-0.1, -0.05) is 0 Å². The molecule has 0 atom stereocenters. The summed E-state index contributed by atoms with van der Waals surface area (Å²) in [4.78, 5) is 23.9. The third-order valence-electron chi connectivity index (χ3n) is 3.31. The van der Waals surface area contributed by atoms with Crippen molar-refractivity contribution in [1.82, 2.24) is 20.0 Å². The van der Waals surface area contributed by atoms with Gasteiger partial charge in [0.2, 0.25) is 0 Å². The summed E-state index contributed by atoms with van der Waals surface area (Å²) in [5.41, 5.74) is 0. The summed E-state index contributed by atoms with van der Waals surface area (Å²) in [7, 11) is 0. The minimum atomic E-state index is -0.909. The zero-order chi connectivity index (χ0) is 14.5. The number of carboxylic acids is 1. The lowest BCUT2D eigenvalue weighted by molar-refractivity contribution is -0.136. The summed E-state index contributed by atoms with van der Waals surface area (Å²) < 4.78 is 2.87. The molecular weight excluding hydrogens is 328 g/mol. The van der Waals surface area contributed by atoms with Gasteiger partial charge in [-0.25, -0.2) is 4.79 Å². The number of nitrogens with zero attached hydrogens (tertiary/aromatic N) is 3. The van der Waals surface area contributed by atoms with Crippen molar-refractivity contribution < 1.29 is 14.7 Å². The van der Waals surface area contributed by atoms with Crippen LogP contribution in [0.15, 0.2) is 16.9 Å². The first-order valence-electron chi connectivity index (χ1n) is 6.50. The Bertz CT molecular complexity index is 483. The maximum atomic E-state index is 11.8. The van der Waals surface area contributed by atoms with Gasteiger partial charge < -0.3 is 15.3 Å². The zero-order valence-electron chi connectivity index (χ0n) is 11.0. The predicted molar refractivity (Wildman–Crippen MR) is 75.4 cm³/mol. The van der Waals surface area contributed by atoms with Crippen LogP contribution >= 0.6 is 15.9 Å². The van der Waals surface area contributed by atoms with E-state index in [0.29, 0.717) is 19.1 Å². The Morgan fingerprint density at radius 1 is 1.45 bits per heavy atom. The normalized spacial score (nSPS) is 16.1. The Morgan fingerprint density at radius 3 is 2.70 bits per heavy atom. The number of urea groups is 1. The highest BCUT2D eigenvalue weighted by molar-refractivity contribution is 9.10. The first-order chi connectivity index (χ1) is 9.56. The van der Waals surface area contributed by atoms with Gasteiger partial charge in [0.05, 0.1) is 23.1 Å². The fourth-order valence-electron chi connectivity index (χ4n) is 2.24. The van der Waals surface area contributed by atoms with Crippen molar-refractivity contribution in [2.24, 2.45) is 0 Å². The highest BCUT2D eigenvalue weighted by Gasteiger charge is 2.24. The van der Waals surface area contributed by atoms with Gasteiger partial charge in [0.25, 0.3) is 0 Å². The molecule has 0 radical (unpaired) electrons. The number of aliphatic carboxylic acids is 1. The van der Waals surface area contributed by atoms with E-state index in [4.69, 9.17) is 5.11 Å². The Hall–Kier alpha value is -1.57. The molecule has 110 valence electrons. The molecule has 2 N–H and O–H groups in total. The lowest BCUT2D eigenvalue weighted by Crippen LogP contribution is -2.45. The molecule has 1 aliphatic rings. The van der Waals surface area contributed by atoms with Crippen LogP contribution in [0, 0.1) is 0 Å². The molecule has 1 aromatic heterocycles. The predicted octanol–water partition coefficient (Wildman–Crippen LogP) is 1.47. The van der Waals surface area contributed by atoms with Gasteiger partial charge in [-0.15, -0.1) is 0 Å². The summed E-state index contributed by atoms with van der Waals surface area (Å²) in [6.07, 6.45) is 5.34. The van der Waals surface area contributed by atoms with E-state index < -0.39 is 5.97 Å². The number of hydrogen-bond acceptors (Lipinski definition) is 3. The summed E-state index contributed by atoms with van der Waals surface area (Å²) in [6, 6.07) is 0.121. The standard InChI is InChI=1S/C12H17BrN4O3/c13-9-7-15-17(8-9)10-2-5-16(6-3-10)12(20)14-4-1-11(18)19/h7-8,10H,1-6H2,(H,14,20)(H,18,19). The number of hydrogen-bond donors (Lipinski definition) is 2. The van der Waals surface area contributed by atoms with Crippen LogP contribution in [0.25, 0.3) is 0 Å². The first kappa shape index (κ1) is 14.8. The average molecular weight is 345 g/mol. The topological polar surface area (TPSA) is 87.5 Å². The molecule has 0 bridgehead atoms. The number of carbonyl (C=O) groups excluding carboxylic acids is 1. The van der Waals surface area contributed by atoms with Crippen molar-refractivity contribution in [2.45, 2.75) is 25.3 Å². The summed E-state index contributed by atoms with van der Waals surface area (Å²) >= 11 is 3.37. The fraction of sp³-hybridized carbons (Fsp3) is 0.583. The molecule has 0 saturated carbocycles. The Kier molecular flexibility index (Phi) is 4.99. The second kappa shape index (κ2) is 6.74. The van der Waals surface area contributed by atoms with Gasteiger partial charge in [0.15, 0.2) is 0 Å². The van der Waals surface area contributed by atoms with E-state index in [2.05, 4.69) is 26.3 Å². The number of nitrogens with one attached hydrogen (secondary N) is 1. The van der Waals surface area contributed by atoms with Crippen LogP contribution in [0.4, 0.5) is 4.79 Å². The molecule has 2 amide bonds. The molecule has 1 saturated heterocycles. The smallest absolute Gasteiger partial charge is 0.317 e. The van der Waals surface area contributed by atoms with Crippen molar-refractivity contribution >= 4 is 27.9 Å². The molecule has 2 rings (SSSR count). The van der Waals surface area contributed by atoms with E-state index in [-0.39, 0.29) is 19.0 Å². The van der Waals surface area contributed by atoms with Crippen LogP contribution in [0.1, 0.15) is 25.3 Å². The number of halogens is 1. The number of piperidine rings is 1. The van der Waals surface area contributed by atoms with Crippen LogP contribution in [0.2, 0.25) is 0 Å². The highest BCUT2D eigenvalue weighted by atomic mass is 79.9. The third-order valence-corrected chi connectivity index (χ3v) is 3.72. The SMILES string of the molecule is O=C(O)CCNC(=O)N1CCC(n2cc(Br)cn2)CC1. The van der Waals surface area contributed by atoms with Gasteiger partial charge >= 0.3 is 12.0 Å². The van der Waals surface area contributed by atoms with Crippen molar-refractivity contribution in [2.75, 3.05) is 19.6 Å². The molecule has 0 aliphatic carbocycles. The van der Waals surface area contributed by atoms with Gasteiger partial charge in [-0.3, -0.25) is 9.48 Å². The van der Waals surface area contributed by atoms with E-state index in [1.54, 1.807) is 11.1 Å². The van der Waals surface area contributed by atoms with Gasteiger partial charge in [-0.05, 0) is 28.8 Å². The zero-order valence-corrected chi connectivity index (χ0v) is 12.5. The quantitative estimate of drug-likeness (QED) is 0.865. The van der Waals surface area contributed by atoms with Crippen molar-refractivity contribution in [3.05, 3.63) is 16.9 Å². The van der Waals surface area contributed by atoms with E-state index >= 15 is 0 Å². The second-order valence-corrected chi connectivity index (χ2v) is 5.65. The molecule has 7 nitrogen and oxygen atoms in total. The van der Waals surface area contributed by atoms with E-state index in [0.717, 1.165) is 17.3 Å². The molecule has 1 aromatic rings. The number of aromatic nitrogens is 2. The second-order valence-electron chi connectivity index (χ2n) is 4.73. The first-order valence-corrected chi connectivity index (χ1v) is 7.30. The lowest BCUT2D eigenvalue weighted by Gasteiger charge is -2.32. The molecule has 0 spiro atoms. The Morgan fingerprint density at radius 2 is 2.15 bits per heavy atom. The van der Waals surface area contributed by atoms with Crippen LogP contribution in [0.3, 0.4) is 0 Å². The maximum Gasteiger partial charge on any atom is 0.317 e. The van der Waals surface area contributed by atoms with Gasteiger partial charge in [0.1, 0.15) is 0 Å². The van der Waals surface area contributed by atoms with E-state index in [9.17, 15) is 9.59 Å². The maximum absolute atomic E-state index is 11.8. The number of amides is 2. The molecule has 1 fully saturated rings. The van der Waals surface area contributed by atoms with Crippen LogP contribution in [0.5, 0.6) is 0 Å². The largest absolute Gasteiger partial charge is 0.481 e. The fourth-order valence-corrected chi connectivity index (χ4v) is 2.54. The number of carbonyl (C=O) groups is 2. The molecule has 2 heterocycles. The lowest BCUT2D eigenvalue weighted by atomic mass is 10.1. The Balaban J connectivity index is 1.76. The third kappa shape index (κ3) is 3.96. The summed E-state index contributed by atoms with van der Waals surface area (Å²) in [5.74, 6) is -0.909. The molecule has 20 heavy (non-hydrogen) atoms. The number of carboxylic acid groups (broad SMARTS) is 1. The van der Waals surface area contributed by atoms with E-state index in [1.165, 1.54) is 0 Å². The molecule has 8 heteroatoms. The number of likely N-dealkylation sites (tertiary alicyclic amines) is 1. The molecule has 0 aromatic carbocycles. The minimum Gasteiger partial charge on any atom is -0.481 e. The molecule has 1 aliphatic heterocycles.